The van der Waals surface area contributed by atoms with Crippen LogP contribution in [0.1, 0.15) is 105 Å². The molecule has 0 spiro atoms. The lowest BCUT2D eigenvalue weighted by molar-refractivity contribution is 0.0950. The Bertz CT molecular complexity index is 1200. The number of allylic oxidation sites excluding steroid dienone is 2. The number of pyridine rings is 1. The van der Waals surface area contributed by atoms with Crippen molar-refractivity contribution in [1.82, 2.24) is 15.6 Å². The van der Waals surface area contributed by atoms with Gasteiger partial charge in [-0.2, -0.15) is 0 Å². The van der Waals surface area contributed by atoms with E-state index in [0.29, 0.717) is 22.9 Å². The highest BCUT2D eigenvalue weighted by molar-refractivity contribution is 6.09. The molecule has 7 nitrogen and oxygen atoms in total. The SMILES string of the molecule is C/C=C\C(=N)c1cc(C(=O)NCc2c(C)cc(C)[nH]c2=O)c(C)c(N(CC)C2CCCCC2)c1.CC(C)C.CNC. The second-order valence-corrected chi connectivity index (χ2v) is 11.5. The largest absolute Gasteiger partial charge is 0.369 e. The monoisotopic (exact) mass is 565 g/mol. The van der Waals surface area contributed by atoms with Crippen molar-refractivity contribution in [3.63, 3.8) is 0 Å². The van der Waals surface area contributed by atoms with Crippen LogP contribution < -0.4 is 21.1 Å². The smallest absolute Gasteiger partial charge is 0.253 e. The van der Waals surface area contributed by atoms with E-state index in [1.807, 2.05) is 53.9 Å². The molecule has 0 aliphatic heterocycles. The molecule has 1 aliphatic rings. The molecular formula is C34H55N5O2. The van der Waals surface area contributed by atoms with E-state index in [0.717, 1.165) is 53.4 Å². The van der Waals surface area contributed by atoms with Gasteiger partial charge in [-0.25, -0.2) is 0 Å². The molecule has 0 atom stereocenters. The first kappa shape index (κ1) is 35.8. The normalized spacial score (nSPS) is 13.2. The lowest BCUT2D eigenvalue weighted by Gasteiger charge is -2.37. The molecule has 1 aromatic carbocycles. The second-order valence-electron chi connectivity index (χ2n) is 11.5. The third-order valence-electron chi connectivity index (χ3n) is 6.85. The predicted molar refractivity (Wildman–Crippen MR) is 176 cm³/mol. The van der Waals surface area contributed by atoms with Crippen molar-refractivity contribution in [2.45, 2.75) is 100 Å². The van der Waals surface area contributed by atoms with Gasteiger partial charge in [0.05, 0.1) is 5.71 Å². The third kappa shape index (κ3) is 11.3. The van der Waals surface area contributed by atoms with E-state index in [1.54, 1.807) is 12.1 Å². The number of hydrogen-bond acceptors (Lipinski definition) is 5. The van der Waals surface area contributed by atoms with Gasteiger partial charge in [-0.3, -0.25) is 9.59 Å². The van der Waals surface area contributed by atoms with E-state index in [-0.39, 0.29) is 18.0 Å². The van der Waals surface area contributed by atoms with Crippen LogP contribution in [-0.4, -0.2) is 43.3 Å². The number of benzene rings is 1. The number of rotatable bonds is 8. The summed E-state index contributed by atoms with van der Waals surface area (Å²) in [6.07, 6.45) is 9.64. The topological polar surface area (TPSA) is 101 Å². The summed E-state index contributed by atoms with van der Waals surface area (Å²) >= 11 is 0. The summed E-state index contributed by atoms with van der Waals surface area (Å²) < 4.78 is 0. The standard InChI is InChI=1S/C28H38N4O2.C4H10.C2H7N/c1-6-11-25(29)21-15-23(27(33)30-17-24-18(3)14-19(4)31-28(24)34)20(5)26(16-21)32(7-2)22-12-9-8-10-13-22;1-4(2)3;1-3-2/h6,11,14-16,22,29H,7-10,12-13,17H2,1-5H3,(H,30,33)(H,31,34);4H,1-3H3;3H,1-2H3/b11-6-,29-25?;;. The summed E-state index contributed by atoms with van der Waals surface area (Å²) in [5, 5.41) is 14.2. The third-order valence-corrected chi connectivity index (χ3v) is 6.85. The Labute approximate surface area is 248 Å². The van der Waals surface area contributed by atoms with Crippen LogP contribution in [0, 0.1) is 32.1 Å². The molecule has 0 unspecified atom stereocenters. The van der Waals surface area contributed by atoms with Crippen LogP contribution in [0.5, 0.6) is 0 Å². The number of nitrogens with one attached hydrogen (secondary N) is 4. The van der Waals surface area contributed by atoms with Gasteiger partial charge in [-0.1, -0.05) is 46.1 Å². The zero-order chi connectivity index (χ0) is 31.1. The van der Waals surface area contributed by atoms with Gasteiger partial charge < -0.3 is 25.9 Å². The summed E-state index contributed by atoms with van der Waals surface area (Å²) in [7, 11) is 3.75. The number of anilines is 1. The molecule has 1 saturated carbocycles. The molecule has 2 aromatic rings. The minimum atomic E-state index is -0.229. The Morgan fingerprint density at radius 2 is 1.68 bits per heavy atom. The van der Waals surface area contributed by atoms with Crippen LogP contribution in [0.3, 0.4) is 0 Å². The summed E-state index contributed by atoms with van der Waals surface area (Å²) in [5.41, 5.74) is 5.64. The molecule has 3 rings (SSSR count). The lowest BCUT2D eigenvalue weighted by Crippen LogP contribution is -2.37. The average molecular weight is 566 g/mol. The van der Waals surface area contributed by atoms with Crippen molar-refractivity contribution in [2.75, 3.05) is 25.5 Å². The van der Waals surface area contributed by atoms with Crippen molar-refractivity contribution in [2.24, 2.45) is 5.92 Å². The molecule has 0 bridgehead atoms. The van der Waals surface area contributed by atoms with Crippen LogP contribution in [0.2, 0.25) is 0 Å². The summed E-state index contributed by atoms with van der Waals surface area (Å²) in [4.78, 5) is 31.0. The molecule has 1 fully saturated rings. The number of amides is 1. The molecule has 7 heteroatoms. The van der Waals surface area contributed by atoms with Gasteiger partial charge in [0, 0.05) is 47.2 Å². The maximum atomic E-state index is 13.4. The van der Waals surface area contributed by atoms with Gasteiger partial charge in [-0.05, 0) is 103 Å². The van der Waals surface area contributed by atoms with Crippen LogP contribution in [0.4, 0.5) is 5.69 Å². The lowest BCUT2D eigenvalue weighted by atomic mass is 9.92. The van der Waals surface area contributed by atoms with Crippen LogP contribution in [-0.2, 0) is 6.54 Å². The molecule has 0 radical (unpaired) electrons. The van der Waals surface area contributed by atoms with Crippen LogP contribution in [0.25, 0.3) is 0 Å². The maximum absolute atomic E-state index is 13.4. The highest BCUT2D eigenvalue weighted by Gasteiger charge is 2.24. The van der Waals surface area contributed by atoms with E-state index in [9.17, 15) is 9.59 Å². The predicted octanol–water partition coefficient (Wildman–Crippen LogP) is 6.83. The molecule has 1 aliphatic carbocycles. The van der Waals surface area contributed by atoms with Gasteiger partial charge in [0.25, 0.3) is 11.5 Å². The van der Waals surface area contributed by atoms with E-state index < -0.39 is 0 Å². The zero-order valence-corrected chi connectivity index (χ0v) is 27.3. The highest BCUT2D eigenvalue weighted by atomic mass is 16.1. The van der Waals surface area contributed by atoms with Crippen molar-refractivity contribution < 1.29 is 4.79 Å². The number of aromatic nitrogens is 1. The first-order valence-electron chi connectivity index (χ1n) is 15.1. The van der Waals surface area contributed by atoms with Crippen molar-refractivity contribution >= 4 is 17.3 Å². The molecule has 1 aromatic heterocycles. The number of carbonyl (C=O) groups is 1. The molecule has 41 heavy (non-hydrogen) atoms. The Balaban J connectivity index is 0.00000108. The quantitative estimate of drug-likeness (QED) is 0.264. The zero-order valence-electron chi connectivity index (χ0n) is 27.3. The molecule has 4 N–H and O–H groups in total. The second kappa shape index (κ2) is 18.3. The van der Waals surface area contributed by atoms with Crippen molar-refractivity contribution in [3.8, 4) is 0 Å². The van der Waals surface area contributed by atoms with E-state index in [4.69, 9.17) is 5.41 Å². The van der Waals surface area contributed by atoms with E-state index in [2.05, 4.69) is 54.3 Å². The number of aryl methyl sites for hydroxylation is 2. The number of carbonyl (C=O) groups excluding carboxylic acids is 1. The minimum absolute atomic E-state index is 0.158. The minimum Gasteiger partial charge on any atom is -0.369 e. The van der Waals surface area contributed by atoms with Crippen molar-refractivity contribution in [1.29, 1.82) is 5.41 Å². The highest BCUT2D eigenvalue weighted by Crippen LogP contribution is 2.32. The Morgan fingerprint density at radius 1 is 1.10 bits per heavy atom. The molecule has 228 valence electrons. The molecule has 0 saturated heterocycles. The number of aromatic amines is 1. The van der Waals surface area contributed by atoms with Gasteiger partial charge in [0.1, 0.15) is 0 Å². The van der Waals surface area contributed by atoms with Gasteiger partial charge in [0.2, 0.25) is 0 Å². The summed E-state index contributed by atoms with van der Waals surface area (Å²) in [6, 6.07) is 6.22. The Kier molecular flexibility index (Phi) is 16.0. The fraction of sp³-hybridized carbons (Fsp3) is 0.559. The van der Waals surface area contributed by atoms with E-state index >= 15 is 0 Å². The Morgan fingerprint density at radius 3 is 2.20 bits per heavy atom. The first-order valence-corrected chi connectivity index (χ1v) is 15.1. The maximum Gasteiger partial charge on any atom is 0.253 e. The van der Waals surface area contributed by atoms with Crippen LogP contribution >= 0.6 is 0 Å². The first-order chi connectivity index (χ1) is 19.4. The number of H-pyrrole nitrogens is 1. The van der Waals surface area contributed by atoms with E-state index in [1.165, 1.54) is 19.3 Å². The van der Waals surface area contributed by atoms with Crippen molar-refractivity contribution in [3.05, 3.63) is 74.2 Å². The summed E-state index contributed by atoms with van der Waals surface area (Å²) in [6.45, 7) is 17.3. The molecule has 1 amide bonds. The summed E-state index contributed by atoms with van der Waals surface area (Å²) in [5.74, 6) is 0.605. The van der Waals surface area contributed by atoms with Gasteiger partial charge in [-0.15, -0.1) is 0 Å². The Hall–Kier alpha value is -3.19. The number of nitrogens with zero attached hydrogens (tertiary/aromatic N) is 1. The van der Waals surface area contributed by atoms with Gasteiger partial charge >= 0.3 is 0 Å². The fourth-order valence-electron chi connectivity index (χ4n) is 5.03. The van der Waals surface area contributed by atoms with Gasteiger partial charge in [0.15, 0.2) is 0 Å². The van der Waals surface area contributed by atoms with Crippen LogP contribution in [0.15, 0.2) is 35.1 Å². The average Bonchev–Trinajstić information content (AvgIpc) is 2.90. The number of hydrogen-bond donors (Lipinski definition) is 4. The fourth-order valence-corrected chi connectivity index (χ4v) is 5.03. The molecule has 1 heterocycles. The molecular weight excluding hydrogens is 510 g/mol.